The minimum Gasteiger partial charge on any atom is -0.360 e. The van der Waals surface area contributed by atoms with Crippen molar-refractivity contribution < 1.29 is 0 Å². The Kier molecular flexibility index (Phi) is 2.42. The molecule has 20 heavy (non-hydrogen) atoms. The summed E-state index contributed by atoms with van der Waals surface area (Å²) in [6.45, 7) is 0. The number of rotatable bonds is 3. The van der Waals surface area contributed by atoms with Gasteiger partial charge >= 0.3 is 0 Å². The van der Waals surface area contributed by atoms with Crippen molar-refractivity contribution >= 4 is 16.9 Å². The number of pyridine rings is 1. The molecule has 1 aliphatic carbocycles. The first-order valence-corrected chi connectivity index (χ1v) is 6.77. The van der Waals surface area contributed by atoms with Crippen molar-refractivity contribution in [2.45, 2.75) is 18.4 Å². The summed E-state index contributed by atoms with van der Waals surface area (Å²) in [4.78, 5) is 12.9. The average molecular weight is 262 g/mol. The summed E-state index contributed by atoms with van der Waals surface area (Å²) in [5, 5.41) is 4.57. The molecule has 0 aliphatic heterocycles. The molecule has 0 unspecified atom stereocenters. The van der Waals surface area contributed by atoms with Crippen LogP contribution in [0.25, 0.3) is 11.0 Å². The number of nitrogens with one attached hydrogen (secondary N) is 1. The van der Waals surface area contributed by atoms with Crippen molar-refractivity contribution in [1.82, 2.24) is 15.0 Å². The van der Waals surface area contributed by atoms with Gasteiger partial charge in [-0.1, -0.05) is 30.3 Å². The van der Waals surface area contributed by atoms with E-state index in [2.05, 4.69) is 44.5 Å². The van der Waals surface area contributed by atoms with Gasteiger partial charge in [-0.2, -0.15) is 0 Å². The first-order valence-electron chi connectivity index (χ1n) is 6.77. The second-order valence-corrected chi connectivity index (χ2v) is 5.17. The summed E-state index contributed by atoms with van der Waals surface area (Å²) >= 11 is 0. The molecule has 2 aromatic heterocycles. The molecule has 0 radical (unpaired) electrons. The van der Waals surface area contributed by atoms with Gasteiger partial charge in [0.05, 0.1) is 10.9 Å². The predicted octanol–water partition coefficient (Wildman–Crippen LogP) is 3.13. The highest BCUT2D eigenvalue weighted by Crippen LogP contribution is 2.48. The SMILES string of the molecule is c1ccc(C2(Nc3ncnc4ncccc34)CC2)cc1. The van der Waals surface area contributed by atoms with Gasteiger partial charge < -0.3 is 5.32 Å². The summed E-state index contributed by atoms with van der Waals surface area (Å²) in [6, 6.07) is 14.5. The fourth-order valence-corrected chi connectivity index (χ4v) is 2.59. The van der Waals surface area contributed by atoms with Crippen LogP contribution in [0.5, 0.6) is 0 Å². The first-order chi connectivity index (χ1) is 9.87. The van der Waals surface area contributed by atoms with Crippen molar-refractivity contribution in [1.29, 1.82) is 0 Å². The van der Waals surface area contributed by atoms with Gasteiger partial charge in [0.1, 0.15) is 12.1 Å². The summed E-state index contributed by atoms with van der Waals surface area (Å²) < 4.78 is 0. The molecule has 4 heteroatoms. The molecule has 0 amide bonds. The topological polar surface area (TPSA) is 50.7 Å². The van der Waals surface area contributed by atoms with Gasteiger partial charge in [-0.15, -0.1) is 0 Å². The maximum atomic E-state index is 4.40. The maximum Gasteiger partial charge on any atom is 0.164 e. The molecule has 1 aromatic carbocycles. The standard InChI is InChI=1S/C16H14N4/c1-2-5-12(6-3-1)16(8-9-16)20-15-13-7-4-10-17-14(13)18-11-19-15/h1-7,10-11H,8-9H2,(H,17,18,19,20). The Hall–Kier alpha value is -2.49. The van der Waals surface area contributed by atoms with Crippen molar-refractivity contribution in [2.75, 3.05) is 5.32 Å². The van der Waals surface area contributed by atoms with Gasteiger partial charge in [0.25, 0.3) is 0 Å². The quantitative estimate of drug-likeness (QED) is 0.788. The molecule has 4 rings (SSSR count). The number of anilines is 1. The Labute approximate surface area is 116 Å². The molecular weight excluding hydrogens is 248 g/mol. The molecule has 2 heterocycles. The third kappa shape index (κ3) is 1.81. The third-order valence-electron chi connectivity index (χ3n) is 3.84. The molecule has 0 atom stereocenters. The van der Waals surface area contributed by atoms with Crippen molar-refractivity contribution in [3.63, 3.8) is 0 Å². The van der Waals surface area contributed by atoms with E-state index in [4.69, 9.17) is 0 Å². The molecule has 0 saturated heterocycles. The van der Waals surface area contributed by atoms with Crippen LogP contribution in [0, 0.1) is 0 Å². The van der Waals surface area contributed by atoms with Gasteiger partial charge in [-0.3, -0.25) is 0 Å². The van der Waals surface area contributed by atoms with E-state index in [9.17, 15) is 0 Å². The van der Waals surface area contributed by atoms with Crippen LogP contribution in [-0.2, 0) is 5.54 Å². The van der Waals surface area contributed by atoms with Crippen LogP contribution in [-0.4, -0.2) is 15.0 Å². The van der Waals surface area contributed by atoms with Gasteiger partial charge in [-0.25, -0.2) is 15.0 Å². The van der Waals surface area contributed by atoms with E-state index < -0.39 is 0 Å². The van der Waals surface area contributed by atoms with Crippen LogP contribution in [0.2, 0.25) is 0 Å². The number of benzene rings is 1. The van der Waals surface area contributed by atoms with E-state index in [1.54, 1.807) is 12.5 Å². The lowest BCUT2D eigenvalue weighted by molar-refractivity contribution is 0.801. The Morgan fingerprint density at radius 1 is 0.900 bits per heavy atom. The molecule has 4 nitrogen and oxygen atoms in total. The van der Waals surface area contributed by atoms with Gasteiger partial charge in [0, 0.05) is 6.20 Å². The van der Waals surface area contributed by atoms with E-state index >= 15 is 0 Å². The highest BCUT2D eigenvalue weighted by molar-refractivity contribution is 5.86. The highest BCUT2D eigenvalue weighted by atomic mass is 15.1. The molecule has 1 fully saturated rings. The molecule has 98 valence electrons. The maximum absolute atomic E-state index is 4.40. The number of nitrogens with zero attached hydrogens (tertiary/aromatic N) is 3. The zero-order valence-corrected chi connectivity index (χ0v) is 11.0. The van der Waals surface area contributed by atoms with Gasteiger partial charge in [0.15, 0.2) is 5.65 Å². The Balaban J connectivity index is 1.75. The number of hydrogen-bond acceptors (Lipinski definition) is 4. The Morgan fingerprint density at radius 2 is 1.75 bits per heavy atom. The lowest BCUT2D eigenvalue weighted by atomic mass is 10.0. The largest absolute Gasteiger partial charge is 0.360 e. The van der Waals surface area contributed by atoms with E-state index in [-0.39, 0.29) is 5.54 Å². The molecule has 1 N–H and O–H groups in total. The number of fused-ring (bicyclic) bond motifs is 1. The summed E-state index contributed by atoms with van der Waals surface area (Å²) in [5.74, 6) is 0.865. The highest BCUT2D eigenvalue weighted by Gasteiger charge is 2.44. The molecular formula is C16H14N4. The average Bonchev–Trinajstić information content (AvgIpc) is 3.30. The lowest BCUT2D eigenvalue weighted by Crippen LogP contribution is -2.19. The minimum absolute atomic E-state index is 0.0262. The number of hydrogen-bond donors (Lipinski definition) is 1. The van der Waals surface area contributed by atoms with Crippen LogP contribution >= 0.6 is 0 Å². The van der Waals surface area contributed by atoms with Crippen molar-refractivity contribution in [3.8, 4) is 0 Å². The third-order valence-corrected chi connectivity index (χ3v) is 3.84. The second-order valence-electron chi connectivity index (χ2n) is 5.17. The predicted molar refractivity (Wildman–Crippen MR) is 78.3 cm³/mol. The van der Waals surface area contributed by atoms with Crippen LogP contribution in [0.4, 0.5) is 5.82 Å². The Morgan fingerprint density at radius 3 is 2.55 bits per heavy atom. The Bertz CT molecular complexity index is 745. The number of aromatic nitrogens is 3. The molecule has 3 aromatic rings. The zero-order chi connectivity index (χ0) is 13.4. The van der Waals surface area contributed by atoms with Gasteiger partial charge in [0.2, 0.25) is 0 Å². The van der Waals surface area contributed by atoms with Crippen LogP contribution in [0.15, 0.2) is 55.0 Å². The fourth-order valence-electron chi connectivity index (χ4n) is 2.59. The van der Waals surface area contributed by atoms with Gasteiger partial charge in [-0.05, 0) is 30.5 Å². The van der Waals surface area contributed by atoms with E-state index in [1.807, 2.05) is 18.2 Å². The van der Waals surface area contributed by atoms with E-state index in [0.717, 1.165) is 29.7 Å². The van der Waals surface area contributed by atoms with Crippen molar-refractivity contribution in [2.24, 2.45) is 0 Å². The molecule has 1 aliphatic rings. The smallest absolute Gasteiger partial charge is 0.164 e. The molecule has 0 spiro atoms. The lowest BCUT2D eigenvalue weighted by Gasteiger charge is -2.19. The van der Waals surface area contributed by atoms with E-state index in [0.29, 0.717) is 0 Å². The van der Waals surface area contributed by atoms with Crippen LogP contribution in [0.1, 0.15) is 18.4 Å². The summed E-state index contributed by atoms with van der Waals surface area (Å²) in [6.07, 6.45) is 5.58. The fraction of sp³-hybridized carbons (Fsp3) is 0.188. The normalized spacial score (nSPS) is 16.0. The zero-order valence-electron chi connectivity index (χ0n) is 11.0. The van der Waals surface area contributed by atoms with Crippen LogP contribution in [0.3, 0.4) is 0 Å². The molecule has 1 saturated carbocycles. The summed E-state index contributed by atoms with van der Waals surface area (Å²) in [7, 11) is 0. The van der Waals surface area contributed by atoms with Crippen LogP contribution < -0.4 is 5.32 Å². The van der Waals surface area contributed by atoms with E-state index in [1.165, 1.54) is 5.56 Å². The van der Waals surface area contributed by atoms with Crippen molar-refractivity contribution in [3.05, 3.63) is 60.6 Å². The second kappa shape index (κ2) is 4.27. The minimum atomic E-state index is 0.0262. The molecule has 0 bridgehead atoms. The first kappa shape index (κ1) is 11.3. The summed E-state index contributed by atoms with van der Waals surface area (Å²) in [5.41, 5.74) is 2.07. The monoisotopic (exact) mass is 262 g/mol.